The van der Waals surface area contributed by atoms with Gasteiger partial charge < -0.3 is 10.2 Å². The SMILES string of the molecule is Cc1nn(C)cc1/C=C1\C[C@@H]2[C@H]3CC[C@H]4C[C@@H](O)CC[C@]4(C)[C@@H]3CC[C@]2(C)[C@@H]1O. The fourth-order valence-electron chi connectivity index (χ4n) is 8.19. The summed E-state index contributed by atoms with van der Waals surface area (Å²) >= 11 is 0. The van der Waals surface area contributed by atoms with Gasteiger partial charge in [-0.05, 0) is 99.0 Å². The smallest absolute Gasteiger partial charge is 0.0809 e. The molecule has 1 aromatic heterocycles. The summed E-state index contributed by atoms with van der Waals surface area (Å²) < 4.78 is 1.87. The number of hydrogen-bond donors (Lipinski definition) is 2. The van der Waals surface area contributed by atoms with Crippen molar-refractivity contribution in [1.29, 1.82) is 0 Å². The van der Waals surface area contributed by atoms with Crippen molar-refractivity contribution in [1.82, 2.24) is 9.78 Å². The first kappa shape index (κ1) is 19.8. The van der Waals surface area contributed by atoms with Crippen LogP contribution in [0.5, 0.6) is 0 Å². The average molecular weight is 399 g/mol. The second kappa shape index (κ2) is 6.68. The fraction of sp³-hybridized carbons (Fsp3) is 0.800. The molecule has 0 spiro atoms. The summed E-state index contributed by atoms with van der Waals surface area (Å²) in [6, 6.07) is 0. The lowest BCUT2D eigenvalue weighted by Crippen LogP contribution is -2.54. The first-order chi connectivity index (χ1) is 13.7. The van der Waals surface area contributed by atoms with Crippen LogP contribution in [0.3, 0.4) is 0 Å². The van der Waals surface area contributed by atoms with Gasteiger partial charge in [-0.2, -0.15) is 5.10 Å². The lowest BCUT2D eigenvalue weighted by atomic mass is 9.45. The van der Waals surface area contributed by atoms with E-state index in [0.717, 1.165) is 48.8 Å². The van der Waals surface area contributed by atoms with Crippen LogP contribution in [-0.2, 0) is 7.05 Å². The molecular weight excluding hydrogens is 360 g/mol. The van der Waals surface area contributed by atoms with Gasteiger partial charge in [0.2, 0.25) is 0 Å². The molecule has 4 aliphatic rings. The van der Waals surface area contributed by atoms with Gasteiger partial charge in [0, 0.05) is 24.2 Å². The van der Waals surface area contributed by atoms with Crippen LogP contribution in [0.4, 0.5) is 0 Å². The minimum absolute atomic E-state index is 0.0144. The Hall–Kier alpha value is -1.13. The number of aliphatic hydroxyl groups excluding tert-OH is 2. The number of fused-ring (bicyclic) bond motifs is 5. The standard InChI is InChI=1S/C25H38N2O2/c1-15-17(14-27(4)26-15)11-16-12-22-20-6-5-18-13-19(28)7-9-24(18,2)21(20)8-10-25(22,3)23(16)29/h11,14,18-23,28-29H,5-10,12-13H2,1-4H3/b16-11+/t18-,19-,20-,21+,22+,23+,24-,25-/m0/s1. The highest BCUT2D eigenvalue weighted by atomic mass is 16.3. The predicted octanol–water partition coefficient (Wildman–Crippen LogP) is 4.49. The molecule has 4 fully saturated rings. The van der Waals surface area contributed by atoms with Crippen molar-refractivity contribution in [2.75, 3.05) is 0 Å². The van der Waals surface area contributed by atoms with E-state index in [-0.39, 0.29) is 17.6 Å². The van der Waals surface area contributed by atoms with Crippen LogP contribution in [0.15, 0.2) is 11.8 Å². The number of hydrogen-bond acceptors (Lipinski definition) is 3. The third-order valence-electron chi connectivity index (χ3n) is 9.90. The van der Waals surface area contributed by atoms with E-state index >= 15 is 0 Å². The predicted molar refractivity (Wildman–Crippen MR) is 115 cm³/mol. The Bertz CT molecular complexity index is 829. The molecule has 29 heavy (non-hydrogen) atoms. The van der Waals surface area contributed by atoms with Crippen LogP contribution in [-0.4, -0.2) is 32.2 Å². The van der Waals surface area contributed by atoms with Crippen LogP contribution >= 0.6 is 0 Å². The second-order valence-corrected chi connectivity index (χ2v) is 11.3. The van der Waals surface area contributed by atoms with Gasteiger partial charge >= 0.3 is 0 Å². The molecule has 0 aromatic carbocycles. The largest absolute Gasteiger partial charge is 0.393 e. The molecule has 0 radical (unpaired) electrons. The molecule has 2 N–H and O–H groups in total. The van der Waals surface area contributed by atoms with Gasteiger partial charge in [-0.25, -0.2) is 0 Å². The van der Waals surface area contributed by atoms with E-state index in [1.54, 1.807) is 0 Å². The van der Waals surface area contributed by atoms with Gasteiger partial charge in [-0.1, -0.05) is 13.8 Å². The Morgan fingerprint density at radius 1 is 1.07 bits per heavy atom. The zero-order valence-electron chi connectivity index (χ0n) is 18.6. The molecule has 4 nitrogen and oxygen atoms in total. The molecule has 0 unspecified atom stereocenters. The van der Waals surface area contributed by atoms with Crippen molar-refractivity contribution >= 4 is 6.08 Å². The number of aliphatic hydroxyl groups is 2. The molecule has 1 heterocycles. The lowest BCUT2D eigenvalue weighted by molar-refractivity contribution is -0.133. The van der Waals surface area contributed by atoms with Crippen molar-refractivity contribution < 1.29 is 10.2 Å². The van der Waals surface area contributed by atoms with E-state index in [1.807, 2.05) is 11.7 Å². The van der Waals surface area contributed by atoms with Gasteiger partial charge in [0.1, 0.15) is 0 Å². The summed E-state index contributed by atoms with van der Waals surface area (Å²) in [5.41, 5.74) is 3.82. The molecule has 4 aliphatic carbocycles. The Morgan fingerprint density at radius 3 is 2.55 bits per heavy atom. The maximum atomic E-state index is 11.4. The molecular formula is C25H38N2O2. The van der Waals surface area contributed by atoms with Crippen LogP contribution < -0.4 is 0 Å². The number of aryl methyl sites for hydroxylation is 2. The topological polar surface area (TPSA) is 58.3 Å². The Labute approximate surface area is 175 Å². The summed E-state index contributed by atoms with van der Waals surface area (Å²) in [6.07, 6.45) is 13.0. The molecule has 5 rings (SSSR count). The molecule has 4 heteroatoms. The van der Waals surface area contributed by atoms with Crippen LogP contribution in [0.25, 0.3) is 6.08 Å². The Balaban J connectivity index is 1.45. The number of rotatable bonds is 1. The molecule has 1 aromatic rings. The zero-order chi connectivity index (χ0) is 20.6. The van der Waals surface area contributed by atoms with Crippen molar-refractivity contribution in [3.8, 4) is 0 Å². The third-order valence-corrected chi connectivity index (χ3v) is 9.90. The molecule has 160 valence electrons. The lowest BCUT2D eigenvalue weighted by Gasteiger charge is -2.60. The molecule has 0 saturated heterocycles. The van der Waals surface area contributed by atoms with Gasteiger partial charge in [0.05, 0.1) is 17.9 Å². The first-order valence-electron chi connectivity index (χ1n) is 11.8. The second-order valence-electron chi connectivity index (χ2n) is 11.3. The molecule has 8 atom stereocenters. The first-order valence-corrected chi connectivity index (χ1v) is 11.8. The van der Waals surface area contributed by atoms with E-state index in [1.165, 1.54) is 31.3 Å². The van der Waals surface area contributed by atoms with Crippen LogP contribution in [0, 0.1) is 41.4 Å². The van der Waals surface area contributed by atoms with Crippen molar-refractivity contribution in [3.05, 3.63) is 23.0 Å². The van der Waals surface area contributed by atoms with Crippen molar-refractivity contribution in [2.45, 2.75) is 84.3 Å². The van der Waals surface area contributed by atoms with E-state index in [2.05, 4.69) is 38.1 Å². The molecule has 0 aliphatic heterocycles. The van der Waals surface area contributed by atoms with Gasteiger partial charge in [-0.3, -0.25) is 4.68 Å². The van der Waals surface area contributed by atoms with Crippen molar-refractivity contribution in [2.24, 2.45) is 41.5 Å². The molecule has 0 bridgehead atoms. The third kappa shape index (κ3) is 2.89. The highest BCUT2D eigenvalue weighted by Gasteiger charge is 2.61. The van der Waals surface area contributed by atoms with Gasteiger partial charge in [0.25, 0.3) is 0 Å². The Morgan fingerprint density at radius 2 is 1.83 bits per heavy atom. The summed E-state index contributed by atoms with van der Waals surface area (Å²) in [4.78, 5) is 0. The normalized spacial score (nSPS) is 48.3. The van der Waals surface area contributed by atoms with Crippen LogP contribution in [0.1, 0.15) is 76.5 Å². The monoisotopic (exact) mass is 398 g/mol. The maximum Gasteiger partial charge on any atom is 0.0809 e. The van der Waals surface area contributed by atoms with E-state index < -0.39 is 0 Å². The van der Waals surface area contributed by atoms with Gasteiger partial charge in [-0.15, -0.1) is 0 Å². The van der Waals surface area contributed by atoms with Crippen molar-refractivity contribution in [3.63, 3.8) is 0 Å². The molecule has 0 amide bonds. The summed E-state index contributed by atoms with van der Waals surface area (Å²) in [5, 5.41) is 26.1. The average Bonchev–Trinajstić information content (AvgIpc) is 3.12. The Kier molecular flexibility index (Phi) is 4.57. The zero-order valence-corrected chi connectivity index (χ0v) is 18.6. The van der Waals surface area contributed by atoms with E-state index in [9.17, 15) is 10.2 Å². The van der Waals surface area contributed by atoms with E-state index in [4.69, 9.17) is 0 Å². The fourth-order valence-corrected chi connectivity index (χ4v) is 8.19. The molecule has 4 saturated carbocycles. The number of nitrogens with zero attached hydrogens (tertiary/aromatic N) is 2. The minimum atomic E-state index is -0.327. The summed E-state index contributed by atoms with van der Waals surface area (Å²) in [6.45, 7) is 6.94. The quantitative estimate of drug-likeness (QED) is 0.733. The van der Waals surface area contributed by atoms with Crippen LogP contribution in [0.2, 0.25) is 0 Å². The summed E-state index contributed by atoms with van der Waals surface area (Å²) in [5.74, 6) is 2.76. The van der Waals surface area contributed by atoms with Gasteiger partial charge in [0.15, 0.2) is 0 Å². The van der Waals surface area contributed by atoms with E-state index in [0.29, 0.717) is 17.3 Å². The minimum Gasteiger partial charge on any atom is -0.393 e. The highest BCUT2D eigenvalue weighted by Crippen LogP contribution is 2.67. The highest BCUT2D eigenvalue weighted by molar-refractivity contribution is 5.56. The number of aromatic nitrogens is 2. The maximum absolute atomic E-state index is 11.4. The summed E-state index contributed by atoms with van der Waals surface area (Å²) in [7, 11) is 1.96.